The first-order valence-corrected chi connectivity index (χ1v) is 5.43. The van der Waals surface area contributed by atoms with Gasteiger partial charge in [0, 0.05) is 31.7 Å². The van der Waals surface area contributed by atoms with E-state index in [-0.39, 0.29) is 5.91 Å². The fraction of sp³-hybridized carbons (Fsp3) is 0.417. The Balaban J connectivity index is 2.72. The average molecular weight is 221 g/mol. The summed E-state index contributed by atoms with van der Waals surface area (Å²) < 4.78 is 0. The highest BCUT2D eigenvalue weighted by molar-refractivity contribution is 5.74. The number of nitrogens with zero attached hydrogens (tertiary/aromatic N) is 1. The number of benzene rings is 1. The van der Waals surface area contributed by atoms with Gasteiger partial charge in [-0.25, -0.2) is 0 Å². The number of nitrogens with two attached hydrogens (primary N) is 2. The van der Waals surface area contributed by atoms with Crippen LogP contribution in [0.25, 0.3) is 0 Å². The normalized spacial score (nSPS) is 10.1. The summed E-state index contributed by atoms with van der Waals surface area (Å²) in [5.41, 5.74) is 13.0. The van der Waals surface area contributed by atoms with E-state index in [1.807, 2.05) is 25.1 Å². The Morgan fingerprint density at radius 1 is 1.38 bits per heavy atom. The van der Waals surface area contributed by atoms with Gasteiger partial charge in [-0.15, -0.1) is 0 Å². The molecule has 0 aromatic heterocycles. The molecular formula is C12H19N3O. The summed E-state index contributed by atoms with van der Waals surface area (Å²) in [7, 11) is 0. The molecule has 88 valence electrons. The lowest BCUT2D eigenvalue weighted by Gasteiger charge is -2.24. The van der Waals surface area contributed by atoms with Gasteiger partial charge in [0.05, 0.1) is 0 Å². The number of hydrogen-bond acceptors (Lipinski definition) is 3. The van der Waals surface area contributed by atoms with E-state index in [2.05, 4.69) is 11.0 Å². The van der Waals surface area contributed by atoms with Crippen LogP contribution in [-0.2, 0) is 4.79 Å². The summed E-state index contributed by atoms with van der Waals surface area (Å²) in [6, 6.07) is 8.14. The number of amides is 1. The number of anilines is 1. The lowest BCUT2D eigenvalue weighted by atomic mass is 10.2. The van der Waals surface area contributed by atoms with Gasteiger partial charge >= 0.3 is 0 Å². The van der Waals surface area contributed by atoms with Gasteiger partial charge in [-0.1, -0.05) is 12.1 Å². The molecule has 0 fully saturated rings. The Labute approximate surface area is 96.2 Å². The van der Waals surface area contributed by atoms with Gasteiger partial charge in [0.1, 0.15) is 0 Å². The minimum absolute atomic E-state index is 0.283. The molecule has 0 saturated heterocycles. The number of primary amides is 1. The molecule has 0 radical (unpaired) electrons. The smallest absolute Gasteiger partial charge is 0.219 e. The summed E-state index contributed by atoms with van der Waals surface area (Å²) in [4.78, 5) is 12.9. The molecule has 1 aromatic carbocycles. The highest BCUT2D eigenvalue weighted by Crippen LogP contribution is 2.15. The van der Waals surface area contributed by atoms with Crippen molar-refractivity contribution in [2.24, 2.45) is 11.5 Å². The van der Waals surface area contributed by atoms with Gasteiger partial charge in [0.15, 0.2) is 0 Å². The fourth-order valence-corrected chi connectivity index (χ4v) is 1.60. The predicted octanol–water partition coefficient (Wildman–Crippen LogP) is 0.636. The summed E-state index contributed by atoms with van der Waals surface area (Å²) in [6.45, 7) is 3.96. The quantitative estimate of drug-likeness (QED) is 0.740. The minimum Gasteiger partial charge on any atom is -0.370 e. The van der Waals surface area contributed by atoms with E-state index in [0.29, 0.717) is 19.5 Å². The zero-order valence-corrected chi connectivity index (χ0v) is 9.65. The molecule has 0 spiro atoms. The Hall–Kier alpha value is -1.55. The Bertz CT molecular complexity index is 352. The van der Waals surface area contributed by atoms with E-state index < -0.39 is 0 Å². The van der Waals surface area contributed by atoms with Crippen LogP contribution >= 0.6 is 0 Å². The molecule has 0 atom stereocenters. The van der Waals surface area contributed by atoms with Crippen LogP contribution < -0.4 is 16.4 Å². The van der Waals surface area contributed by atoms with E-state index >= 15 is 0 Å². The van der Waals surface area contributed by atoms with E-state index in [0.717, 1.165) is 12.2 Å². The first-order valence-electron chi connectivity index (χ1n) is 5.43. The van der Waals surface area contributed by atoms with Crippen molar-refractivity contribution < 1.29 is 4.79 Å². The second-order valence-corrected chi connectivity index (χ2v) is 3.83. The predicted molar refractivity (Wildman–Crippen MR) is 66.3 cm³/mol. The van der Waals surface area contributed by atoms with Gasteiger partial charge in [-0.3, -0.25) is 4.79 Å². The van der Waals surface area contributed by atoms with Crippen LogP contribution in [0.5, 0.6) is 0 Å². The van der Waals surface area contributed by atoms with Gasteiger partial charge in [-0.05, 0) is 24.6 Å². The summed E-state index contributed by atoms with van der Waals surface area (Å²) in [6.07, 6.45) is 0.355. The lowest BCUT2D eigenvalue weighted by Crippen LogP contribution is -2.32. The molecule has 0 unspecified atom stereocenters. The van der Waals surface area contributed by atoms with Crippen LogP contribution in [-0.4, -0.2) is 25.5 Å². The van der Waals surface area contributed by atoms with Gasteiger partial charge in [-0.2, -0.15) is 0 Å². The molecule has 0 aliphatic carbocycles. The summed E-state index contributed by atoms with van der Waals surface area (Å²) in [5, 5.41) is 0. The highest BCUT2D eigenvalue weighted by Gasteiger charge is 2.06. The van der Waals surface area contributed by atoms with Crippen LogP contribution in [0.1, 0.15) is 12.0 Å². The van der Waals surface area contributed by atoms with Crippen LogP contribution in [0.2, 0.25) is 0 Å². The van der Waals surface area contributed by atoms with E-state index in [1.165, 1.54) is 5.56 Å². The first kappa shape index (κ1) is 12.5. The topological polar surface area (TPSA) is 72.3 Å². The second kappa shape index (κ2) is 6.12. The molecule has 4 N–H and O–H groups in total. The number of carbonyl (C=O) groups is 1. The van der Waals surface area contributed by atoms with E-state index in [9.17, 15) is 4.79 Å². The fourth-order valence-electron chi connectivity index (χ4n) is 1.60. The third-order valence-corrected chi connectivity index (χ3v) is 2.39. The minimum atomic E-state index is -0.283. The van der Waals surface area contributed by atoms with Crippen molar-refractivity contribution in [1.82, 2.24) is 0 Å². The molecular weight excluding hydrogens is 202 g/mol. The molecule has 16 heavy (non-hydrogen) atoms. The molecule has 0 aliphatic rings. The molecule has 1 rings (SSSR count). The Kier molecular flexibility index (Phi) is 4.79. The van der Waals surface area contributed by atoms with Crippen molar-refractivity contribution in [3.05, 3.63) is 29.8 Å². The molecule has 4 heteroatoms. The lowest BCUT2D eigenvalue weighted by molar-refractivity contribution is -0.117. The summed E-state index contributed by atoms with van der Waals surface area (Å²) >= 11 is 0. The molecule has 0 aliphatic heterocycles. The third-order valence-electron chi connectivity index (χ3n) is 2.39. The van der Waals surface area contributed by atoms with Crippen molar-refractivity contribution in [2.45, 2.75) is 13.3 Å². The average Bonchev–Trinajstić information content (AvgIpc) is 2.24. The largest absolute Gasteiger partial charge is 0.370 e. The van der Waals surface area contributed by atoms with Gasteiger partial charge in [0.25, 0.3) is 0 Å². The van der Waals surface area contributed by atoms with Gasteiger partial charge < -0.3 is 16.4 Å². The third kappa shape index (κ3) is 3.90. The molecule has 0 saturated carbocycles. The standard InChI is InChI=1S/C12H19N3O/c1-10-3-2-4-11(9-10)15(8-6-13)7-5-12(14)16/h2-4,9H,5-8,13H2,1H3,(H2,14,16). The van der Waals surface area contributed by atoms with Crippen molar-refractivity contribution >= 4 is 11.6 Å². The van der Waals surface area contributed by atoms with Crippen molar-refractivity contribution in [3.63, 3.8) is 0 Å². The number of aryl methyl sites for hydroxylation is 1. The molecule has 0 bridgehead atoms. The van der Waals surface area contributed by atoms with Crippen molar-refractivity contribution in [3.8, 4) is 0 Å². The van der Waals surface area contributed by atoms with Crippen LogP contribution in [0.3, 0.4) is 0 Å². The monoisotopic (exact) mass is 221 g/mol. The molecule has 0 heterocycles. The van der Waals surface area contributed by atoms with Gasteiger partial charge in [0.2, 0.25) is 5.91 Å². The maximum atomic E-state index is 10.8. The Morgan fingerprint density at radius 3 is 2.69 bits per heavy atom. The highest BCUT2D eigenvalue weighted by atomic mass is 16.1. The Morgan fingerprint density at radius 2 is 2.12 bits per heavy atom. The second-order valence-electron chi connectivity index (χ2n) is 3.83. The number of rotatable bonds is 6. The van der Waals surface area contributed by atoms with Crippen molar-refractivity contribution in [1.29, 1.82) is 0 Å². The maximum Gasteiger partial charge on any atom is 0.219 e. The van der Waals surface area contributed by atoms with E-state index in [4.69, 9.17) is 11.5 Å². The number of carbonyl (C=O) groups excluding carboxylic acids is 1. The molecule has 1 amide bonds. The van der Waals surface area contributed by atoms with Crippen molar-refractivity contribution in [2.75, 3.05) is 24.5 Å². The SMILES string of the molecule is Cc1cccc(N(CCN)CCC(N)=O)c1. The zero-order chi connectivity index (χ0) is 12.0. The van der Waals surface area contributed by atoms with E-state index in [1.54, 1.807) is 0 Å². The zero-order valence-electron chi connectivity index (χ0n) is 9.65. The van der Waals surface area contributed by atoms with Crippen LogP contribution in [0, 0.1) is 6.92 Å². The van der Waals surface area contributed by atoms with Crippen LogP contribution in [0.15, 0.2) is 24.3 Å². The number of hydrogen-bond donors (Lipinski definition) is 2. The van der Waals surface area contributed by atoms with Crippen LogP contribution in [0.4, 0.5) is 5.69 Å². The molecule has 1 aromatic rings. The maximum absolute atomic E-state index is 10.8. The molecule has 4 nitrogen and oxygen atoms in total. The first-order chi connectivity index (χ1) is 7.63. The summed E-state index contributed by atoms with van der Waals surface area (Å²) in [5.74, 6) is -0.283.